The van der Waals surface area contributed by atoms with E-state index in [0.717, 1.165) is 103 Å². The molecular formula is C58H90O6. The van der Waals surface area contributed by atoms with Crippen LogP contribution in [0.25, 0.3) is 0 Å². The van der Waals surface area contributed by atoms with Crippen LogP contribution in [-0.2, 0) is 28.6 Å². The molecule has 0 aliphatic carbocycles. The zero-order valence-electron chi connectivity index (χ0n) is 40.7. The molecule has 0 bridgehead atoms. The fourth-order valence-corrected chi connectivity index (χ4v) is 6.26. The molecule has 1 atom stereocenters. The van der Waals surface area contributed by atoms with Crippen molar-refractivity contribution in [3.05, 3.63) is 134 Å². The van der Waals surface area contributed by atoms with Gasteiger partial charge in [-0.3, -0.25) is 14.4 Å². The van der Waals surface area contributed by atoms with Crippen LogP contribution in [0.15, 0.2) is 134 Å². The number of allylic oxidation sites excluding steroid dienone is 22. The lowest BCUT2D eigenvalue weighted by Gasteiger charge is -2.18. The van der Waals surface area contributed by atoms with Crippen LogP contribution in [0.1, 0.15) is 194 Å². The fraction of sp³-hybridized carbons (Fsp3) is 0.569. The second-order valence-electron chi connectivity index (χ2n) is 16.1. The maximum Gasteiger partial charge on any atom is 0.306 e. The number of unbranched alkanes of at least 4 members (excludes halogenated alkanes) is 14. The first kappa shape index (κ1) is 59.6. The predicted octanol–water partition coefficient (Wildman–Crippen LogP) is 16.7. The Labute approximate surface area is 392 Å². The van der Waals surface area contributed by atoms with Gasteiger partial charge >= 0.3 is 17.9 Å². The summed E-state index contributed by atoms with van der Waals surface area (Å²) in [7, 11) is 0. The summed E-state index contributed by atoms with van der Waals surface area (Å²) < 4.78 is 16.7. The van der Waals surface area contributed by atoms with Crippen molar-refractivity contribution in [3.63, 3.8) is 0 Å². The van der Waals surface area contributed by atoms with Crippen LogP contribution in [0.3, 0.4) is 0 Å². The Bertz CT molecular complexity index is 1430. The van der Waals surface area contributed by atoms with Crippen LogP contribution in [0, 0.1) is 0 Å². The van der Waals surface area contributed by atoms with Gasteiger partial charge in [0.1, 0.15) is 13.2 Å². The van der Waals surface area contributed by atoms with Crippen LogP contribution in [0.2, 0.25) is 0 Å². The number of hydrogen-bond donors (Lipinski definition) is 0. The number of hydrogen-bond acceptors (Lipinski definition) is 6. The van der Waals surface area contributed by atoms with E-state index in [1.807, 2.05) is 54.7 Å². The normalized spacial score (nSPS) is 13.2. The summed E-state index contributed by atoms with van der Waals surface area (Å²) in [6.07, 6.45) is 71.6. The van der Waals surface area contributed by atoms with Gasteiger partial charge in [-0.05, 0) is 103 Å². The van der Waals surface area contributed by atoms with E-state index in [1.54, 1.807) is 0 Å². The molecule has 0 aromatic rings. The Morgan fingerprint density at radius 1 is 0.344 bits per heavy atom. The van der Waals surface area contributed by atoms with Crippen LogP contribution in [-0.4, -0.2) is 37.2 Å². The molecule has 64 heavy (non-hydrogen) atoms. The molecule has 0 radical (unpaired) electrons. The van der Waals surface area contributed by atoms with E-state index in [4.69, 9.17) is 14.2 Å². The molecule has 0 rings (SSSR count). The number of esters is 3. The van der Waals surface area contributed by atoms with E-state index in [9.17, 15) is 14.4 Å². The molecule has 358 valence electrons. The number of carbonyl (C=O) groups is 3. The molecule has 6 heteroatoms. The Morgan fingerprint density at radius 3 is 1.20 bits per heavy atom. The summed E-state index contributed by atoms with van der Waals surface area (Å²) >= 11 is 0. The number of ether oxygens (including phenoxy) is 3. The van der Waals surface area contributed by atoms with Crippen molar-refractivity contribution in [1.82, 2.24) is 0 Å². The Balaban J connectivity index is 4.57. The molecular weight excluding hydrogens is 793 g/mol. The second kappa shape index (κ2) is 51.2. The Kier molecular flexibility index (Phi) is 47.6. The lowest BCUT2D eigenvalue weighted by Crippen LogP contribution is -2.30. The van der Waals surface area contributed by atoms with Crippen molar-refractivity contribution in [2.24, 2.45) is 0 Å². The van der Waals surface area contributed by atoms with Crippen LogP contribution in [0.5, 0.6) is 0 Å². The number of rotatable bonds is 43. The first-order valence-electron chi connectivity index (χ1n) is 25.3. The largest absolute Gasteiger partial charge is 0.462 e. The van der Waals surface area contributed by atoms with Gasteiger partial charge in [-0.1, -0.05) is 206 Å². The average Bonchev–Trinajstić information content (AvgIpc) is 3.29. The highest BCUT2D eigenvalue weighted by atomic mass is 16.6. The maximum absolute atomic E-state index is 12.8. The van der Waals surface area contributed by atoms with Crippen molar-refractivity contribution in [2.75, 3.05) is 13.2 Å². The van der Waals surface area contributed by atoms with Gasteiger partial charge in [-0.25, -0.2) is 0 Å². The zero-order chi connectivity index (χ0) is 46.5. The third-order valence-electron chi connectivity index (χ3n) is 10.00. The van der Waals surface area contributed by atoms with Gasteiger partial charge in [-0.2, -0.15) is 0 Å². The number of carbonyl (C=O) groups excluding carboxylic acids is 3. The summed E-state index contributed by atoms with van der Waals surface area (Å²) in [5.74, 6) is -1.06. The molecule has 0 heterocycles. The molecule has 1 unspecified atom stereocenters. The molecule has 0 fully saturated rings. The molecule has 6 nitrogen and oxygen atoms in total. The van der Waals surface area contributed by atoms with Gasteiger partial charge in [0.05, 0.1) is 0 Å². The van der Waals surface area contributed by atoms with Crippen LogP contribution < -0.4 is 0 Å². The van der Waals surface area contributed by atoms with Crippen molar-refractivity contribution in [3.8, 4) is 0 Å². The SMILES string of the molecule is CC/C=C/C=C/C=C/C=C/C=C/CCCC(=O)OCC(COC(=O)CCCCC/C=C/C/C=C/C/C=C/C/C=C/C/C=C/CC)OC(=O)CCCCC/C=C/CCCCCCCCC. The van der Waals surface area contributed by atoms with Crippen molar-refractivity contribution < 1.29 is 28.6 Å². The molecule has 0 saturated heterocycles. The van der Waals surface area contributed by atoms with Crippen LogP contribution in [0.4, 0.5) is 0 Å². The van der Waals surface area contributed by atoms with Crippen molar-refractivity contribution in [1.29, 1.82) is 0 Å². The Morgan fingerprint density at radius 2 is 0.703 bits per heavy atom. The first-order chi connectivity index (χ1) is 31.5. The van der Waals surface area contributed by atoms with Gasteiger partial charge in [0.25, 0.3) is 0 Å². The minimum atomic E-state index is -0.832. The van der Waals surface area contributed by atoms with Gasteiger partial charge in [0.2, 0.25) is 0 Å². The predicted molar refractivity (Wildman–Crippen MR) is 274 cm³/mol. The molecule has 0 saturated carbocycles. The molecule has 0 aromatic heterocycles. The van der Waals surface area contributed by atoms with Crippen molar-refractivity contribution in [2.45, 2.75) is 200 Å². The van der Waals surface area contributed by atoms with E-state index < -0.39 is 6.10 Å². The summed E-state index contributed by atoms with van der Waals surface area (Å²) in [4.78, 5) is 37.9. The maximum atomic E-state index is 12.8. The van der Waals surface area contributed by atoms with Gasteiger partial charge < -0.3 is 14.2 Å². The third-order valence-corrected chi connectivity index (χ3v) is 10.00. The minimum Gasteiger partial charge on any atom is -0.462 e. The summed E-state index contributed by atoms with van der Waals surface area (Å²) in [5.41, 5.74) is 0. The monoisotopic (exact) mass is 883 g/mol. The molecule has 0 amide bonds. The van der Waals surface area contributed by atoms with E-state index in [1.165, 1.54) is 44.9 Å². The zero-order valence-corrected chi connectivity index (χ0v) is 40.7. The van der Waals surface area contributed by atoms with Crippen molar-refractivity contribution >= 4 is 17.9 Å². The lowest BCUT2D eigenvalue weighted by atomic mass is 10.1. The minimum absolute atomic E-state index is 0.129. The highest BCUT2D eigenvalue weighted by molar-refractivity contribution is 5.71. The molecule has 0 aliphatic heterocycles. The molecule has 0 spiro atoms. The molecule has 0 aliphatic rings. The van der Waals surface area contributed by atoms with Gasteiger partial charge in [0.15, 0.2) is 6.10 Å². The average molecular weight is 883 g/mol. The lowest BCUT2D eigenvalue weighted by molar-refractivity contribution is -0.167. The first-order valence-corrected chi connectivity index (χ1v) is 25.3. The van der Waals surface area contributed by atoms with Gasteiger partial charge in [0, 0.05) is 19.3 Å². The standard InChI is InChI=1S/C58H90O6/c1-4-7-10-13-16-19-22-25-27-28-29-30-31-34-36-39-42-45-48-51-57(60)63-54-55(53-62-56(59)50-47-44-41-38-35-32-24-21-18-15-12-9-6-3)64-58(61)52-49-46-43-40-37-33-26-23-20-17-14-11-8-5-2/h7,9-10,12,15-16,18-19,21,24-25,27,29-30,32-38,41,55H,4-6,8,11,13-14,17,20,22-23,26,28,31,39-40,42-54H2,1-3H3/b10-7+,12-9+,18-15+,19-16+,24-21+,27-25+,30-29+,35-32+,36-34+,37-33+,41-38+. The topological polar surface area (TPSA) is 78.9 Å². The highest BCUT2D eigenvalue weighted by Crippen LogP contribution is 2.12. The molecule has 0 aromatic carbocycles. The highest BCUT2D eigenvalue weighted by Gasteiger charge is 2.19. The molecule has 0 N–H and O–H groups in total. The quantitative estimate of drug-likeness (QED) is 0.0200. The Hall–Kier alpha value is -4.45. The smallest absolute Gasteiger partial charge is 0.306 e. The second-order valence-corrected chi connectivity index (χ2v) is 16.1. The van der Waals surface area contributed by atoms with E-state index in [2.05, 4.69) is 99.8 Å². The van der Waals surface area contributed by atoms with E-state index in [-0.39, 0.29) is 44.0 Å². The van der Waals surface area contributed by atoms with Crippen LogP contribution >= 0.6 is 0 Å². The van der Waals surface area contributed by atoms with Gasteiger partial charge in [-0.15, -0.1) is 0 Å². The summed E-state index contributed by atoms with van der Waals surface area (Å²) in [6, 6.07) is 0. The fourth-order valence-electron chi connectivity index (χ4n) is 6.26. The van der Waals surface area contributed by atoms with E-state index in [0.29, 0.717) is 12.8 Å². The van der Waals surface area contributed by atoms with E-state index >= 15 is 0 Å². The summed E-state index contributed by atoms with van der Waals surface area (Å²) in [5, 5.41) is 0. The third kappa shape index (κ3) is 48.6. The summed E-state index contributed by atoms with van der Waals surface area (Å²) in [6.45, 7) is 6.24.